The second-order valence-corrected chi connectivity index (χ2v) is 6.19. The lowest BCUT2D eigenvalue weighted by Gasteiger charge is -2.15. The topological polar surface area (TPSA) is 33.0 Å². The highest BCUT2D eigenvalue weighted by Crippen LogP contribution is 2.26. The maximum atomic E-state index is 8.59. The van der Waals surface area contributed by atoms with Crippen LogP contribution < -0.4 is 4.74 Å². The van der Waals surface area contributed by atoms with Crippen LogP contribution in [0.15, 0.2) is 24.3 Å². The van der Waals surface area contributed by atoms with Crippen molar-refractivity contribution in [2.45, 2.75) is 58.3 Å². The molecule has 0 saturated heterocycles. The second kappa shape index (κ2) is 11.5. The van der Waals surface area contributed by atoms with Crippen molar-refractivity contribution in [3.63, 3.8) is 0 Å². The number of hydrogen-bond donors (Lipinski definition) is 0. The first-order chi connectivity index (χ1) is 10.3. The van der Waals surface area contributed by atoms with Gasteiger partial charge in [0, 0.05) is 5.75 Å². The Labute approximate surface area is 133 Å². The summed E-state index contributed by atoms with van der Waals surface area (Å²) in [5.41, 5.74) is 1.36. The van der Waals surface area contributed by atoms with E-state index in [4.69, 9.17) is 10.00 Å². The quantitative estimate of drug-likeness (QED) is 0.386. The van der Waals surface area contributed by atoms with Crippen LogP contribution in [0.2, 0.25) is 0 Å². The van der Waals surface area contributed by atoms with E-state index in [0.717, 1.165) is 37.4 Å². The van der Waals surface area contributed by atoms with Crippen LogP contribution in [0.3, 0.4) is 0 Å². The van der Waals surface area contributed by atoms with Gasteiger partial charge >= 0.3 is 0 Å². The Morgan fingerprint density at radius 3 is 2.52 bits per heavy atom. The molecule has 21 heavy (non-hydrogen) atoms. The van der Waals surface area contributed by atoms with Crippen molar-refractivity contribution < 1.29 is 4.74 Å². The van der Waals surface area contributed by atoms with E-state index in [0.29, 0.717) is 5.92 Å². The maximum Gasteiger partial charge on any atom is 0.133 e. The van der Waals surface area contributed by atoms with Crippen molar-refractivity contribution in [2.24, 2.45) is 0 Å². The lowest BCUT2D eigenvalue weighted by Crippen LogP contribution is -2.00. The van der Waals surface area contributed by atoms with E-state index in [-0.39, 0.29) is 0 Å². The summed E-state index contributed by atoms with van der Waals surface area (Å²) < 4.78 is 5.77. The van der Waals surface area contributed by atoms with Gasteiger partial charge in [-0.25, -0.2) is 0 Å². The molecule has 0 radical (unpaired) electrons. The summed E-state index contributed by atoms with van der Waals surface area (Å²) in [6.45, 7) is 5.24. The predicted molar refractivity (Wildman–Crippen MR) is 91.8 cm³/mol. The van der Waals surface area contributed by atoms with Gasteiger partial charge in [-0.05, 0) is 54.6 Å². The third-order valence-corrected chi connectivity index (χ3v) is 4.31. The fraction of sp³-hybridized carbons (Fsp3) is 0.611. The molecule has 0 amide bonds. The highest BCUT2D eigenvalue weighted by molar-refractivity contribution is 8.03. The molecule has 1 atom stereocenters. The molecule has 1 rings (SSSR count). The molecule has 3 heteroatoms. The van der Waals surface area contributed by atoms with Gasteiger partial charge in [0.15, 0.2) is 0 Å². The van der Waals surface area contributed by atoms with Crippen LogP contribution in [0, 0.1) is 10.7 Å². The van der Waals surface area contributed by atoms with Gasteiger partial charge in [0.05, 0.1) is 6.61 Å². The zero-order valence-corrected chi connectivity index (χ0v) is 14.1. The molecule has 0 aliphatic carbocycles. The second-order valence-electron chi connectivity index (χ2n) is 5.31. The molecule has 1 aromatic rings. The van der Waals surface area contributed by atoms with Gasteiger partial charge in [0.2, 0.25) is 0 Å². The van der Waals surface area contributed by atoms with Gasteiger partial charge < -0.3 is 4.74 Å². The van der Waals surface area contributed by atoms with Gasteiger partial charge in [-0.2, -0.15) is 5.26 Å². The van der Waals surface area contributed by atoms with Crippen LogP contribution in [-0.2, 0) is 0 Å². The van der Waals surface area contributed by atoms with Crippen LogP contribution in [-0.4, -0.2) is 12.4 Å². The Morgan fingerprint density at radius 1 is 1.14 bits per heavy atom. The Bertz CT molecular complexity index is 410. The molecule has 0 saturated carbocycles. The molecule has 0 heterocycles. The zero-order chi connectivity index (χ0) is 15.3. The first kappa shape index (κ1) is 17.9. The highest BCUT2D eigenvalue weighted by atomic mass is 32.2. The molecule has 0 aliphatic rings. The van der Waals surface area contributed by atoms with Gasteiger partial charge in [0.25, 0.3) is 0 Å². The summed E-state index contributed by atoms with van der Waals surface area (Å²) >= 11 is 1.35. The molecule has 116 valence electrons. The summed E-state index contributed by atoms with van der Waals surface area (Å²) in [5, 5.41) is 10.7. The average Bonchev–Trinajstić information content (AvgIpc) is 2.52. The monoisotopic (exact) mass is 305 g/mol. The Kier molecular flexibility index (Phi) is 9.82. The Balaban J connectivity index is 2.39. The summed E-state index contributed by atoms with van der Waals surface area (Å²) in [6.07, 6.45) is 7.12. The molecular formula is C18H27NOS. The van der Waals surface area contributed by atoms with E-state index in [9.17, 15) is 0 Å². The molecule has 0 fully saturated rings. The lowest BCUT2D eigenvalue weighted by atomic mass is 9.94. The molecule has 0 aromatic heterocycles. The number of hydrogen-bond acceptors (Lipinski definition) is 3. The Hall–Kier alpha value is -1.14. The van der Waals surface area contributed by atoms with Crippen molar-refractivity contribution in [3.8, 4) is 11.2 Å². The molecule has 0 N–H and O–H groups in total. The molecule has 0 aliphatic heterocycles. The van der Waals surface area contributed by atoms with Gasteiger partial charge in [0.1, 0.15) is 11.2 Å². The normalized spacial score (nSPS) is 11.9. The minimum absolute atomic E-state index is 0.546. The molecule has 0 spiro atoms. The third-order valence-electron chi connectivity index (χ3n) is 3.74. The molecule has 2 nitrogen and oxygen atoms in total. The fourth-order valence-electron chi connectivity index (χ4n) is 2.41. The lowest BCUT2D eigenvalue weighted by molar-refractivity contribution is 0.305. The van der Waals surface area contributed by atoms with Crippen LogP contribution in [0.4, 0.5) is 0 Å². The number of benzene rings is 1. The zero-order valence-electron chi connectivity index (χ0n) is 13.3. The van der Waals surface area contributed by atoms with Crippen LogP contribution in [0.1, 0.15) is 63.9 Å². The number of ether oxygens (including phenoxy) is 1. The minimum Gasteiger partial charge on any atom is -0.494 e. The maximum absolute atomic E-state index is 8.59. The van der Waals surface area contributed by atoms with Gasteiger partial charge in [-0.15, -0.1) is 0 Å². The number of rotatable bonds is 11. The standard InChI is InChI=1S/C18H27NOS/c1-3-5-6-7-13-20-18-10-8-17(9-11-18)16(4-2)12-14-21-15-19/h8-11,16H,3-7,12-14H2,1-2H3. The summed E-state index contributed by atoms with van der Waals surface area (Å²) in [6, 6.07) is 8.50. The van der Waals surface area contributed by atoms with Crippen molar-refractivity contribution in [1.82, 2.24) is 0 Å². The van der Waals surface area contributed by atoms with E-state index >= 15 is 0 Å². The molecule has 0 bridgehead atoms. The van der Waals surface area contributed by atoms with Gasteiger partial charge in [-0.1, -0.05) is 45.2 Å². The third kappa shape index (κ3) is 7.43. The van der Waals surface area contributed by atoms with Crippen LogP contribution in [0.25, 0.3) is 0 Å². The predicted octanol–water partition coefficient (Wildman–Crippen LogP) is 5.74. The molecule has 1 unspecified atom stereocenters. The van der Waals surface area contributed by atoms with Gasteiger partial charge in [-0.3, -0.25) is 0 Å². The molecular weight excluding hydrogens is 278 g/mol. The first-order valence-electron chi connectivity index (χ1n) is 8.05. The van der Waals surface area contributed by atoms with E-state index in [1.54, 1.807) is 0 Å². The van der Waals surface area contributed by atoms with Crippen LogP contribution >= 0.6 is 11.8 Å². The van der Waals surface area contributed by atoms with E-state index in [1.807, 2.05) is 0 Å². The summed E-state index contributed by atoms with van der Waals surface area (Å²) in [4.78, 5) is 0. The van der Waals surface area contributed by atoms with E-state index in [2.05, 4.69) is 43.5 Å². The number of thiocyanates is 1. The number of unbranched alkanes of at least 4 members (excludes halogenated alkanes) is 3. The first-order valence-corrected chi connectivity index (χ1v) is 9.04. The van der Waals surface area contributed by atoms with Crippen LogP contribution in [0.5, 0.6) is 5.75 Å². The van der Waals surface area contributed by atoms with E-state index in [1.165, 1.54) is 36.6 Å². The van der Waals surface area contributed by atoms with Crippen molar-refractivity contribution in [2.75, 3.05) is 12.4 Å². The van der Waals surface area contributed by atoms with E-state index < -0.39 is 0 Å². The highest BCUT2D eigenvalue weighted by Gasteiger charge is 2.09. The minimum atomic E-state index is 0.546. The van der Waals surface area contributed by atoms with Crippen molar-refractivity contribution in [1.29, 1.82) is 5.26 Å². The van der Waals surface area contributed by atoms with Crippen molar-refractivity contribution in [3.05, 3.63) is 29.8 Å². The number of nitrogens with zero attached hydrogens (tertiary/aromatic N) is 1. The summed E-state index contributed by atoms with van der Waals surface area (Å²) in [5.74, 6) is 2.42. The fourth-order valence-corrected chi connectivity index (χ4v) is 2.90. The largest absolute Gasteiger partial charge is 0.494 e. The SMILES string of the molecule is CCCCCCOc1ccc(C(CC)CCSC#N)cc1. The number of nitriles is 1. The van der Waals surface area contributed by atoms with Crippen molar-refractivity contribution >= 4 is 11.8 Å². The Morgan fingerprint density at radius 2 is 1.90 bits per heavy atom. The average molecular weight is 305 g/mol. The molecule has 1 aromatic carbocycles. The number of thioether (sulfide) groups is 1. The smallest absolute Gasteiger partial charge is 0.133 e. The summed E-state index contributed by atoms with van der Waals surface area (Å²) in [7, 11) is 0.